The summed E-state index contributed by atoms with van der Waals surface area (Å²) in [6.07, 6.45) is 4.01. The molecule has 0 N–H and O–H groups in total. The normalized spacial score (nSPS) is 10.8. The molecule has 2 heterocycles. The Labute approximate surface area is 150 Å². The fourth-order valence-electron chi connectivity index (χ4n) is 1.77. The Kier molecular flexibility index (Phi) is 6.11. The van der Waals surface area contributed by atoms with Crippen molar-refractivity contribution in [2.75, 3.05) is 0 Å². The van der Waals surface area contributed by atoms with Crippen LogP contribution in [0.1, 0.15) is 5.56 Å². The van der Waals surface area contributed by atoms with E-state index in [2.05, 4.69) is 17.6 Å². The van der Waals surface area contributed by atoms with Crippen molar-refractivity contribution in [2.45, 2.75) is 16.2 Å². The number of aromatic nitrogens is 2. The first-order valence-electron chi connectivity index (χ1n) is 6.88. The van der Waals surface area contributed by atoms with Gasteiger partial charge < -0.3 is 4.55 Å². The molecule has 2 aromatic heterocycles. The standard InChI is InChI=1S/C9H8N2S2.C7H8O3S/c1-11-4-2-7(3-5-11)8-6-13-9(12)10-8;1-6-2-4-7(5-3-6)11(8,9)10/h2-6H,1H3;2-5H,1H3,(H,8,9,10). The van der Waals surface area contributed by atoms with Gasteiger partial charge in [0.25, 0.3) is 0 Å². The van der Waals surface area contributed by atoms with Crippen molar-refractivity contribution >= 4 is 34.1 Å². The first-order chi connectivity index (χ1) is 11.3. The molecular formula is C16H16N2O3S3. The minimum atomic E-state index is -4.27. The number of benzene rings is 1. The second kappa shape index (κ2) is 7.89. The minimum Gasteiger partial charge on any atom is -0.744 e. The van der Waals surface area contributed by atoms with E-state index in [1.165, 1.54) is 12.1 Å². The summed E-state index contributed by atoms with van der Waals surface area (Å²) in [5.74, 6) is 0. The second-order valence-corrected chi connectivity index (χ2v) is 8.00. The zero-order chi connectivity index (χ0) is 17.7. The average Bonchev–Trinajstić information content (AvgIpc) is 2.95. The Hall–Kier alpha value is -1.74. The second-order valence-electron chi connectivity index (χ2n) is 5.03. The van der Waals surface area contributed by atoms with Crippen LogP contribution in [0.4, 0.5) is 0 Å². The molecule has 5 nitrogen and oxygen atoms in total. The summed E-state index contributed by atoms with van der Waals surface area (Å²) in [6.45, 7) is 1.82. The highest BCUT2D eigenvalue weighted by Gasteiger charge is 2.03. The predicted octanol–water partition coefficient (Wildman–Crippen LogP) is 2.82. The number of pyridine rings is 1. The molecule has 0 spiro atoms. The third kappa shape index (κ3) is 5.41. The van der Waals surface area contributed by atoms with Crippen molar-refractivity contribution in [1.82, 2.24) is 4.98 Å². The molecule has 0 unspecified atom stereocenters. The Morgan fingerprint density at radius 3 is 2.17 bits per heavy atom. The molecule has 0 aliphatic rings. The average molecular weight is 381 g/mol. The van der Waals surface area contributed by atoms with E-state index in [4.69, 9.17) is 0 Å². The van der Waals surface area contributed by atoms with Gasteiger partial charge in [-0.05, 0) is 19.1 Å². The monoisotopic (exact) mass is 380 g/mol. The van der Waals surface area contributed by atoms with Crippen LogP contribution in [0.3, 0.4) is 0 Å². The Balaban J connectivity index is 0.000000177. The quantitative estimate of drug-likeness (QED) is 0.421. The van der Waals surface area contributed by atoms with Gasteiger partial charge in [0.2, 0.25) is 0 Å². The van der Waals surface area contributed by atoms with Crippen molar-refractivity contribution in [3.8, 4) is 11.3 Å². The van der Waals surface area contributed by atoms with Crippen LogP contribution in [0.15, 0.2) is 63.4 Å². The first kappa shape index (κ1) is 18.6. The van der Waals surface area contributed by atoms with Crippen LogP contribution < -0.4 is 4.57 Å². The summed E-state index contributed by atoms with van der Waals surface area (Å²) in [6, 6.07) is 9.87. The van der Waals surface area contributed by atoms with Gasteiger partial charge in [-0.15, -0.1) is 24.0 Å². The number of thiol groups is 1. The lowest BCUT2D eigenvalue weighted by atomic mass is 10.2. The molecule has 126 valence electrons. The van der Waals surface area contributed by atoms with E-state index in [0.717, 1.165) is 21.2 Å². The molecule has 0 aliphatic heterocycles. The van der Waals surface area contributed by atoms with Crippen molar-refractivity contribution in [2.24, 2.45) is 7.05 Å². The van der Waals surface area contributed by atoms with Crippen LogP contribution in [0.2, 0.25) is 0 Å². The molecular weight excluding hydrogens is 364 g/mol. The van der Waals surface area contributed by atoms with Gasteiger partial charge in [0.05, 0.1) is 10.6 Å². The third-order valence-corrected chi connectivity index (χ3v) is 4.98. The van der Waals surface area contributed by atoms with E-state index in [1.54, 1.807) is 23.5 Å². The summed E-state index contributed by atoms with van der Waals surface area (Å²) in [7, 11) is -2.27. The predicted molar refractivity (Wildman–Crippen MR) is 95.1 cm³/mol. The Morgan fingerprint density at radius 1 is 1.12 bits per heavy atom. The van der Waals surface area contributed by atoms with Crippen LogP contribution in [0, 0.1) is 6.92 Å². The third-order valence-electron chi connectivity index (χ3n) is 3.08. The van der Waals surface area contributed by atoms with Gasteiger partial charge in [-0.3, -0.25) is 0 Å². The fraction of sp³-hybridized carbons (Fsp3) is 0.125. The first-order valence-corrected chi connectivity index (χ1v) is 9.62. The number of thiazole rings is 1. The maximum atomic E-state index is 10.4. The molecule has 8 heteroatoms. The van der Waals surface area contributed by atoms with E-state index in [9.17, 15) is 13.0 Å². The van der Waals surface area contributed by atoms with Gasteiger partial charge in [-0.2, -0.15) is 0 Å². The lowest BCUT2D eigenvalue weighted by Crippen LogP contribution is -2.25. The largest absolute Gasteiger partial charge is 0.744 e. The van der Waals surface area contributed by atoms with Gasteiger partial charge in [0.1, 0.15) is 21.5 Å². The summed E-state index contributed by atoms with van der Waals surface area (Å²) in [5.41, 5.74) is 3.06. The molecule has 0 radical (unpaired) electrons. The molecule has 3 rings (SSSR count). The number of rotatable bonds is 2. The van der Waals surface area contributed by atoms with Crippen LogP contribution >= 0.6 is 24.0 Å². The molecule has 0 saturated heterocycles. The number of hydrogen-bond acceptors (Lipinski definition) is 6. The molecule has 0 saturated carbocycles. The summed E-state index contributed by atoms with van der Waals surface area (Å²) in [5, 5.41) is 2.01. The van der Waals surface area contributed by atoms with Crippen molar-refractivity contribution in [1.29, 1.82) is 0 Å². The maximum absolute atomic E-state index is 10.4. The Morgan fingerprint density at radius 2 is 1.71 bits per heavy atom. The summed E-state index contributed by atoms with van der Waals surface area (Å²) < 4.78 is 34.0. The molecule has 24 heavy (non-hydrogen) atoms. The maximum Gasteiger partial charge on any atom is 0.169 e. The molecule has 3 aromatic rings. The molecule has 0 amide bonds. The van der Waals surface area contributed by atoms with Crippen molar-refractivity contribution in [3.05, 3.63) is 59.7 Å². The van der Waals surface area contributed by atoms with Crippen LogP contribution in [0.25, 0.3) is 11.3 Å². The number of nitrogens with zero attached hydrogens (tertiary/aromatic N) is 2. The lowest BCUT2D eigenvalue weighted by molar-refractivity contribution is -0.671. The fourth-order valence-corrected chi connectivity index (χ4v) is 3.07. The highest BCUT2D eigenvalue weighted by molar-refractivity contribution is 7.85. The van der Waals surface area contributed by atoms with Crippen LogP contribution in [0.5, 0.6) is 0 Å². The molecule has 1 aromatic carbocycles. The zero-order valence-electron chi connectivity index (χ0n) is 13.1. The molecule has 0 aliphatic carbocycles. The van der Waals surface area contributed by atoms with Crippen molar-refractivity contribution in [3.63, 3.8) is 0 Å². The minimum absolute atomic E-state index is 0.178. The summed E-state index contributed by atoms with van der Waals surface area (Å²) >= 11 is 5.73. The van der Waals surface area contributed by atoms with Crippen LogP contribution in [-0.2, 0) is 17.2 Å². The van der Waals surface area contributed by atoms with E-state index >= 15 is 0 Å². The Bertz CT molecular complexity index is 903. The molecule has 0 bridgehead atoms. The van der Waals surface area contributed by atoms with E-state index in [1.807, 2.05) is 48.4 Å². The van der Waals surface area contributed by atoms with Crippen LogP contribution in [-0.4, -0.2) is 18.0 Å². The molecule has 0 fully saturated rings. The topological polar surface area (TPSA) is 74.0 Å². The van der Waals surface area contributed by atoms with Gasteiger partial charge in [-0.1, -0.05) is 17.7 Å². The van der Waals surface area contributed by atoms with Gasteiger partial charge in [0.15, 0.2) is 12.4 Å². The number of hydrogen-bond donors (Lipinski definition) is 1. The smallest absolute Gasteiger partial charge is 0.169 e. The van der Waals surface area contributed by atoms with E-state index < -0.39 is 10.1 Å². The highest BCUT2D eigenvalue weighted by Crippen LogP contribution is 2.22. The van der Waals surface area contributed by atoms with E-state index in [0.29, 0.717) is 0 Å². The SMILES string of the molecule is C[n+]1ccc(-c2csc(S)n2)cc1.Cc1ccc(S(=O)(=O)[O-])cc1. The summed E-state index contributed by atoms with van der Waals surface area (Å²) in [4.78, 5) is 4.11. The van der Waals surface area contributed by atoms with Gasteiger partial charge in [0, 0.05) is 23.1 Å². The number of aryl methyl sites for hydroxylation is 2. The lowest BCUT2D eigenvalue weighted by Gasteiger charge is -2.05. The van der Waals surface area contributed by atoms with Crippen molar-refractivity contribution < 1.29 is 17.5 Å². The highest BCUT2D eigenvalue weighted by atomic mass is 32.2. The molecule has 0 atom stereocenters. The van der Waals surface area contributed by atoms with Gasteiger partial charge in [-0.25, -0.2) is 18.0 Å². The van der Waals surface area contributed by atoms with E-state index in [-0.39, 0.29) is 4.90 Å². The zero-order valence-corrected chi connectivity index (χ0v) is 15.6. The van der Waals surface area contributed by atoms with Gasteiger partial charge >= 0.3 is 0 Å².